The third-order valence-corrected chi connectivity index (χ3v) is 4.51. The number of esters is 1. The van der Waals surface area contributed by atoms with Crippen molar-refractivity contribution in [1.82, 2.24) is 4.90 Å². The summed E-state index contributed by atoms with van der Waals surface area (Å²) in [6.07, 6.45) is 0.553. The summed E-state index contributed by atoms with van der Waals surface area (Å²) in [5.74, 6) is -0.624. The summed E-state index contributed by atoms with van der Waals surface area (Å²) in [5, 5.41) is 0. The topological polar surface area (TPSA) is 82.1 Å². The van der Waals surface area contributed by atoms with Crippen molar-refractivity contribution in [2.45, 2.75) is 13.3 Å². The lowest BCUT2D eigenvalue weighted by Crippen LogP contribution is -2.31. The molecule has 3 rings (SSSR count). The normalized spacial score (nSPS) is 12.8. The van der Waals surface area contributed by atoms with E-state index in [2.05, 4.69) is 0 Å². The summed E-state index contributed by atoms with van der Waals surface area (Å²) < 4.78 is 15.7. The van der Waals surface area contributed by atoms with Crippen LogP contribution in [0.3, 0.4) is 0 Å². The number of methoxy groups -OCH3 is 1. The summed E-state index contributed by atoms with van der Waals surface area (Å²) >= 11 is 0. The van der Waals surface area contributed by atoms with Crippen LogP contribution in [0.25, 0.3) is 0 Å². The molecule has 0 fully saturated rings. The first kappa shape index (κ1) is 20.5. The highest BCUT2D eigenvalue weighted by molar-refractivity contribution is 6.21. The number of carbonyl (C=O) groups is 3. The Hall–Kier alpha value is -3.19. The predicted octanol–water partition coefficient (Wildman–Crippen LogP) is 2.86. The van der Waals surface area contributed by atoms with E-state index >= 15 is 0 Å². The van der Waals surface area contributed by atoms with E-state index in [1.54, 1.807) is 7.11 Å². The molecule has 0 atom stereocenters. The fourth-order valence-electron chi connectivity index (χ4n) is 3.07. The molecule has 2 amide bonds. The lowest BCUT2D eigenvalue weighted by atomic mass is 10.1. The Labute approximate surface area is 169 Å². The molecule has 1 aliphatic rings. The minimum Gasteiger partial charge on any atom is -0.490 e. The molecule has 1 aliphatic heterocycles. The van der Waals surface area contributed by atoms with Crippen LogP contribution in [-0.4, -0.2) is 56.2 Å². The number of amides is 2. The molecular weight excluding hydrogens is 374 g/mol. The predicted molar refractivity (Wildman–Crippen MR) is 105 cm³/mol. The van der Waals surface area contributed by atoms with E-state index in [0.717, 1.165) is 5.56 Å². The quantitative estimate of drug-likeness (QED) is 0.368. The van der Waals surface area contributed by atoms with Crippen molar-refractivity contribution >= 4 is 17.8 Å². The molecule has 2 aromatic carbocycles. The van der Waals surface area contributed by atoms with Gasteiger partial charge in [0, 0.05) is 20.3 Å². The number of nitrogens with zero attached hydrogens (tertiary/aromatic N) is 1. The highest BCUT2D eigenvalue weighted by atomic mass is 16.6. The number of hydrogen-bond donors (Lipinski definition) is 0. The first-order chi connectivity index (χ1) is 14.0. The van der Waals surface area contributed by atoms with Crippen LogP contribution >= 0.6 is 0 Å². The monoisotopic (exact) mass is 397 g/mol. The zero-order valence-electron chi connectivity index (χ0n) is 16.5. The van der Waals surface area contributed by atoms with Gasteiger partial charge >= 0.3 is 5.97 Å². The van der Waals surface area contributed by atoms with Crippen LogP contribution in [0.1, 0.15) is 43.1 Å². The second-order valence-electron chi connectivity index (χ2n) is 6.67. The van der Waals surface area contributed by atoms with E-state index in [0.29, 0.717) is 24.3 Å². The van der Waals surface area contributed by atoms with Crippen LogP contribution < -0.4 is 4.74 Å². The zero-order valence-corrected chi connectivity index (χ0v) is 16.5. The largest absolute Gasteiger partial charge is 0.490 e. The molecule has 7 heteroatoms. The molecule has 0 bridgehead atoms. The number of carbonyl (C=O) groups excluding carboxylic acids is 3. The standard InChI is InChI=1S/C22H23NO6/c1-15-5-3-6-17(13-15)28-11-12-29-22(26)16-7-8-18-19(14-16)21(25)23(20(18)24)9-4-10-27-2/h3,5-8,13-14H,4,9-12H2,1-2H3. The van der Waals surface area contributed by atoms with E-state index in [4.69, 9.17) is 14.2 Å². The van der Waals surface area contributed by atoms with Gasteiger partial charge in [-0.25, -0.2) is 4.79 Å². The molecule has 152 valence electrons. The SMILES string of the molecule is COCCCN1C(=O)c2ccc(C(=O)OCCOc3cccc(C)c3)cc2C1=O. The van der Waals surface area contributed by atoms with Gasteiger partial charge in [-0.3, -0.25) is 14.5 Å². The van der Waals surface area contributed by atoms with Crippen molar-refractivity contribution in [3.05, 3.63) is 64.7 Å². The van der Waals surface area contributed by atoms with Gasteiger partial charge in [-0.15, -0.1) is 0 Å². The second kappa shape index (κ2) is 9.34. The Balaban J connectivity index is 1.56. The highest BCUT2D eigenvalue weighted by Gasteiger charge is 2.35. The van der Waals surface area contributed by atoms with Crippen LogP contribution in [0.5, 0.6) is 5.75 Å². The number of benzene rings is 2. The molecular formula is C22H23NO6. The van der Waals surface area contributed by atoms with E-state index in [1.165, 1.54) is 23.1 Å². The average Bonchev–Trinajstić information content (AvgIpc) is 2.95. The lowest BCUT2D eigenvalue weighted by Gasteiger charge is -2.12. The number of aryl methyl sites for hydroxylation is 1. The number of ether oxygens (including phenoxy) is 3. The van der Waals surface area contributed by atoms with E-state index in [9.17, 15) is 14.4 Å². The Morgan fingerprint density at radius 3 is 2.52 bits per heavy atom. The van der Waals surface area contributed by atoms with Gasteiger partial charge in [0.05, 0.1) is 16.7 Å². The van der Waals surface area contributed by atoms with Crippen molar-refractivity contribution in [3.8, 4) is 5.75 Å². The molecule has 0 saturated heterocycles. The summed E-state index contributed by atoms with van der Waals surface area (Å²) in [5.41, 5.74) is 1.82. The van der Waals surface area contributed by atoms with Crippen LogP contribution in [0.4, 0.5) is 0 Å². The molecule has 0 saturated carbocycles. The third kappa shape index (κ3) is 4.81. The van der Waals surface area contributed by atoms with Gasteiger partial charge in [0.2, 0.25) is 0 Å². The minimum atomic E-state index is -0.571. The summed E-state index contributed by atoms with van der Waals surface area (Å²) in [6.45, 7) is 2.97. The van der Waals surface area contributed by atoms with Crippen LogP contribution in [0.2, 0.25) is 0 Å². The Kier molecular flexibility index (Phi) is 6.61. The average molecular weight is 397 g/mol. The lowest BCUT2D eigenvalue weighted by molar-refractivity contribution is 0.0450. The fourth-order valence-corrected chi connectivity index (χ4v) is 3.07. The van der Waals surface area contributed by atoms with E-state index in [1.807, 2.05) is 31.2 Å². The van der Waals surface area contributed by atoms with Gasteiger partial charge in [0.1, 0.15) is 19.0 Å². The molecule has 7 nitrogen and oxygen atoms in total. The summed E-state index contributed by atoms with van der Waals surface area (Å²) in [4.78, 5) is 38.4. The zero-order chi connectivity index (χ0) is 20.8. The van der Waals surface area contributed by atoms with Gasteiger partial charge in [-0.1, -0.05) is 12.1 Å². The van der Waals surface area contributed by atoms with Crippen molar-refractivity contribution in [2.24, 2.45) is 0 Å². The third-order valence-electron chi connectivity index (χ3n) is 4.51. The van der Waals surface area contributed by atoms with E-state index < -0.39 is 11.9 Å². The Morgan fingerprint density at radius 2 is 1.76 bits per heavy atom. The van der Waals surface area contributed by atoms with E-state index in [-0.39, 0.29) is 36.8 Å². The molecule has 0 spiro atoms. The molecule has 0 radical (unpaired) electrons. The number of rotatable bonds is 9. The van der Waals surface area contributed by atoms with Gasteiger partial charge < -0.3 is 14.2 Å². The Morgan fingerprint density at radius 1 is 0.966 bits per heavy atom. The van der Waals surface area contributed by atoms with Crippen LogP contribution in [0.15, 0.2) is 42.5 Å². The van der Waals surface area contributed by atoms with Crippen LogP contribution in [-0.2, 0) is 9.47 Å². The van der Waals surface area contributed by atoms with Crippen LogP contribution in [0, 0.1) is 6.92 Å². The Bertz CT molecular complexity index is 923. The molecule has 1 heterocycles. The number of fused-ring (bicyclic) bond motifs is 1. The van der Waals surface area contributed by atoms with Gasteiger partial charge in [0.15, 0.2) is 0 Å². The number of imide groups is 1. The molecule has 2 aromatic rings. The minimum absolute atomic E-state index is 0.0693. The second-order valence-corrected chi connectivity index (χ2v) is 6.67. The molecule has 0 N–H and O–H groups in total. The maximum Gasteiger partial charge on any atom is 0.338 e. The molecule has 29 heavy (non-hydrogen) atoms. The first-order valence-corrected chi connectivity index (χ1v) is 9.37. The maximum atomic E-state index is 12.5. The van der Waals surface area contributed by atoms with Crippen molar-refractivity contribution < 1.29 is 28.6 Å². The van der Waals surface area contributed by atoms with Gasteiger partial charge in [-0.2, -0.15) is 0 Å². The number of hydrogen-bond acceptors (Lipinski definition) is 6. The first-order valence-electron chi connectivity index (χ1n) is 9.37. The molecule has 0 aromatic heterocycles. The highest BCUT2D eigenvalue weighted by Crippen LogP contribution is 2.24. The van der Waals surface area contributed by atoms with Crippen molar-refractivity contribution in [3.63, 3.8) is 0 Å². The maximum absolute atomic E-state index is 12.5. The molecule has 0 aliphatic carbocycles. The van der Waals surface area contributed by atoms with Crippen molar-refractivity contribution in [2.75, 3.05) is 33.5 Å². The van der Waals surface area contributed by atoms with Gasteiger partial charge in [-0.05, 0) is 49.2 Å². The molecule has 0 unspecified atom stereocenters. The smallest absolute Gasteiger partial charge is 0.338 e. The summed E-state index contributed by atoms with van der Waals surface area (Å²) in [7, 11) is 1.56. The summed E-state index contributed by atoms with van der Waals surface area (Å²) in [6, 6.07) is 12.0. The van der Waals surface area contributed by atoms with Crippen molar-refractivity contribution in [1.29, 1.82) is 0 Å². The van der Waals surface area contributed by atoms with Gasteiger partial charge in [0.25, 0.3) is 11.8 Å². The fraction of sp³-hybridized carbons (Fsp3) is 0.318.